The molecule has 0 saturated carbocycles. The van der Waals surface area contributed by atoms with E-state index in [0.717, 1.165) is 12.1 Å². The van der Waals surface area contributed by atoms with E-state index in [4.69, 9.17) is 4.74 Å². The van der Waals surface area contributed by atoms with Crippen molar-refractivity contribution in [1.82, 2.24) is 9.97 Å². The molecule has 0 fully saturated rings. The monoisotopic (exact) mass is 312 g/mol. The fraction of sp³-hybridized carbons (Fsp3) is 0.286. The largest absolute Gasteiger partial charge is 0.383 e. The predicted octanol–water partition coefficient (Wildman–Crippen LogP) is 3.00. The molecule has 8 heteroatoms. The van der Waals surface area contributed by atoms with Crippen molar-refractivity contribution < 1.29 is 17.9 Å². The van der Waals surface area contributed by atoms with Gasteiger partial charge in [0.1, 0.15) is 5.82 Å². The van der Waals surface area contributed by atoms with E-state index in [0.29, 0.717) is 24.8 Å². The second kappa shape index (κ2) is 7.08. The predicted molar refractivity (Wildman–Crippen MR) is 76.7 cm³/mol. The highest BCUT2D eigenvalue weighted by molar-refractivity contribution is 5.58. The minimum atomic E-state index is -1.53. The molecule has 0 radical (unpaired) electrons. The molecule has 2 N–H and O–H groups in total. The summed E-state index contributed by atoms with van der Waals surface area (Å²) in [7, 11) is 1.57. The molecule has 22 heavy (non-hydrogen) atoms. The van der Waals surface area contributed by atoms with Gasteiger partial charge < -0.3 is 15.4 Å². The van der Waals surface area contributed by atoms with Crippen molar-refractivity contribution in [3.05, 3.63) is 41.3 Å². The SMILES string of the molecule is COCCNc1nc(C)cc(Nc2ccc(F)c(F)c2F)n1. The molecule has 0 aliphatic carbocycles. The third-order valence-electron chi connectivity index (χ3n) is 2.74. The lowest BCUT2D eigenvalue weighted by Gasteiger charge is -2.10. The first-order valence-corrected chi connectivity index (χ1v) is 6.50. The van der Waals surface area contributed by atoms with Crippen LogP contribution < -0.4 is 10.6 Å². The summed E-state index contributed by atoms with van der Waals surface area (Å²) in [4.78, 5) is 8.28. The number of rotatable bonds is 6. The van der Waals surface area contributed by atoms with Crippen molar-refractivity contribution in [3.8, 4) is 0 Å². The van der Waals surface area contributed by atoms with Gasteiger partial charge in [-0.3, -0.25) is 0 Å². The highest BCUT2D eigenvalue weighted by Crippen LogP contribution is 2.23. The minimum Gasteiger partial charge on any atom is -0.383 e. The van der Waals surface area contributed by atoms with Crippen LogP contribution in [-0.2, 0) is 4.74 Å². The van der Waals surface area contributed by atoms with E-state index >= 15 is 0 Å². The maximum Gasteiger partial charge on any atom is 0.224 e. The number of hydrogen-bond acceptors (Lipinski definition) is 5. The molecule has 1 aromatic carbocycles. The zero-order valence-corrected chi connectivity index (χ0v) is 12.1. The van der Waals surface area contributed by atoms with Gasteiger partial charge in [0, 0.05) is 25.4 Å². The van der Waals surface area contributed by atoms with Crippen LogP contribution in [0.3, 0.4) is 0 Å². The van der Waals surface area contributed by atoms with Crippen LogP contribution in [0.2, 0.25) is 0 Å². The van der Waals surface area contributed by atoms with Gasteiger partial charge >= 0.3 is 0 Å². The number of methoxy groups -OCH3 is 1. The number of anilines is 3. The molecular weight excluding hydrogens is 297 g/mol. The Labute approximate surface area is 125 Å². The van der Waals surface area contributed by atoms with Crippen molar-refractivity contribution in [2.75, 3.05) is 30.9 Å². The Morgan fingerprint density at radius 1 is 1.14 bits per heavy atom. The number of aromatic nitrogens is 2. The number of ether oxygens (including phenoxy) is 1. The molecule has 2 aromatic rings. The summed E-state index contributed by atoms with van der Waals surface area (Å²) in [5.41, 5.74) is 0.417. The van der Waals surface area contributed by atoms with Gasteiger partial charge in [-0.15, -0.1) is 0 Å². The molecule has 0 bridgehead atoms. The molecule has 5 nitrogen and oxygen atoms in total. The van der Waals surface area contributed by atoms with Crippen molar-refractivity contribution in [2.45, 2.75) is 6.92 Å². The molecule has 1 aromatic heterocycles. The van der Waals surface area contributed by atoms with Crippen molar-refractivity contribution in [3.63, 3.8) is 0 Å². The van der Waals surface area contributed by atoms with Crippen molar-refractivity contribution >= 4 is 17.5 Å². The Balaban J connectivity index is 2.21. The van der Waals surface area contributed by atoms with Crippen LogP contribution in [0.25, 0.3) is 0 Å². The molecule has 0 aliphatic rings. The molecule has 1 heterocycles. The number of aryl methyl sites for hydroxylation is 1. The Kier molecular flexibility index (Phi) is 5.16. The second-order valence-corrected chi connectivity index (χ2v) is 4.49. The fourth-order valence-corrected chi connectivity index (χ4v) is 1.74. The molecule has 2 rings (SSSR count). The van der Waals surface area contributed by atoms with Gasteiger partial charge in [-0.2, -0.15) is 4.98 Å². The van der Waals surface area contributed by atoms with Gasteiger partial charge in [0.25, 0.3) is 0 Å². The van der Waals surface area contributed by atoms with Gasteiger partial charge in [-0.25, -0.2) is 18.2 Å². The number of benzene rings is 1. The zero-order valence-electron chi connectivity index (χ0n) is 12.1. The summed E-state index contributed by atoms with van der Waals surface area (Å²) in [5.74, 6) is -3.50. The normalized spacial score (nSPS) is 10.6. The molecule has 0 unspecified atom stereocenters. The van der Waals surface area contributed by atoms with Crippen LogP contribution in [0.1, 0.15) is 5.69 Å². The average molecular weight is 312 g/mol. The number of nitrogens with zero attached hydrogens (tertiary/aromatic N) is 2. The summed E-state index contributed by atoms with van der Waals surface area (Å²) in [6.07, 6.45) is 0. The molecule has 0 spiro atoms. The summed E-state index contributed by atoms with van der Waals surface area (Å²) >= 11 is 0. The lowest BCUT2D eigenvalue weighted by atomic mass is 10.2. The molecule has 0 atom stereocenters. The Bertz CT molecular complexity index is 667. The molecule has 0 aliphatic heterocycles. The van der Waals surface area contributed by atoms with E-state index in [1.807, 2.05) is 0 Å². The van der Waals surface area contributed by atoms with Gasteiger partial charge in [0.05, 0.1) is 12.3 Å². The summed E-state index contributed by atoms with van der Waals surface area (Å²) < 4.78 is 44.7. The third kappa shape index (κ3) is 3.85. The van der Waals surface area contributed by atoms with Crippen LogP contribution in [0.15, 0.2) is 18.2 Å². The van der Waals surface area contributed by atoms with Gasteiger partial charge in [-0.1, -0.05) is 0 Å². The summed E-state index contributed by atoms with van der Waals surface area (Å²) in [6, 6.07) is 3.50. The third-order valence-corrected chi connectivity index (χ3v) is 2.74. The molecule has 0 saturated heterocycles. The summed E-state index contributed by atoms with van der Waals surface area (Å²) in [5, 5.41) is 5.54. The molecular formula is C14H15F3N4O. The van der Waals surface area contributed by atoms with Crippen LogP contribution in [-0.4, -0.2) is 30.2 Å². The van der Waals surface area contributed by atoms with Gasteiger partial charge in [0.2, 0.25) is 5.95 Å². The fourth-order valence-electron chi connectivity index (χ4n) is 1.74. The minimum absolute atomic E-state index is 0.208. The molecule has 118 valence electrons. The van der Waals surface area contributed by atoms with Crippen LogP contribution >= 0.6 is 0 Å². The van der Waals surface area contributed by atoms with E-state index < -0.39 is 17.5 Å². The Morgan fingerprint density at radius 2 is 1.91 bits per heavy atom. The van der Waals surface area contributed by atoms with Crippen LogP contribution in [0, 0.1) is 24.4 Å². The quantitative estimate of drug-likeness (QED) is 0.634. The zero-order chi connectivity index (χ0) is 16.1. The first-order chi connectivity index (χ1) is 10.5. The highest BCUT2D eigenvalue weighted by atomic mass is 19.2. The van der Waals surface area contributed by atoms with Crippen LogP contribution in [0.4, 0.5) is 30.6 Å². The van der Waals surface area contributed by atoms with E-state index in [1.165, 1.54) is 0 Å². The van der Waals surface area contributed by atoms with E-state index in [9.17, 15) is 13.2 Å². The highest BCUT2D eigenvalue weighted by Gasteiger charge is 2.14. The lowest BCUT2D eigenvalue weighted by Crippen LogP contribution is -2.11. The van der Waals surface area contributed by atoms with Crippen LogP contribution in [0.5, 0.6) is 0 Å². The number of hydrogen-bond donors (Lipinski definition) is 2. The summed E-state index contributed by atoms with van der Waals surface area (Å²) in [6.45, 7) is 2.70. The Morgan fingerprint density at radius 3 is 2.64 bits per heavy atom. The average Bonchev–Trinajstić information content (AvgIpc) is 2.48. The van der Waals surface area contributed by atoms with Crippen molar-refractivity contribution in [1.29, 1.82) is 0 Å². The standard InChI is InChI=1S/C14H15F3N4O/c1-8-7-11(21-14(19-8)18-5-6-22-2)20-10-4-3-9(15)12(16)13(10)17/h3-4,7H,5-6H2,1-2H3,(H2,18,19,20,21). The first-order valence-electron chi connectivity index (χ1n) is 6.50. The maximum absolute atomic E-state index is 13.6. The number of nitrogens with one attached hydrogen (secondary N) is 2. The van der Waals surface area contributed by atoms with Crippen molar-refractivity contribution in [2.24, 2.45) is 0 Å². The topological polar surface area (TPSA) is 59.1 Å². The maximum atomic E-state index is 13.6. The number of halogens is 3. The van der Waals surface area contributed by atoms with E-state index in [-0.39, 0.29) is 11.5 Å². The molecule has 0 amide bonds. The second-order valence-electron chi connectivity index (χ2n) is 4.49. The Hall–Kier alpha value is -2.35. The smallest absolute Gasteiger partial charge is 0.224 e. The van der Waals surface area contributed by atoms with E-state index in [1.54, 1.807) is 20.1 Å². The lowest BCUT2D eigenvalue weighted by molar-refractivity contribution is 0.210. The van der Waals surface area contributed by atoms with Gasteiger partial charge in [0.15, 0.2) is 17.5 Å². The first kappa shape index (κ1) is 16.0. The van der Waals surface area contributed by atoms with E-state index in [2.05, 4.69) is 20.6 Å². The van der Waals surface area contributed by atoms with Gasteiger partial charge in [-0.05, 0) is 19.1 Å².